The van der Waals surface area contributed by atoms with Crippen molar-refractivity contribution in [3.63, 3.8) is 0 Å². The fourth-order valence-electron chi connectivity index (χ4n) is 3.58. The van der Waals surface area contributed by atoms with Crippen molar-refractivity contribution in [2.24, 2.45) is 0 Å². The molecular formula is C25H23F3N6O2. The summed E-state index contributed by atoms with van der Waals surface area (Å²) in [5, 5.41) is 3.24. The number of aryl methyl sites for hydroxylation is 1. The number of methoxy groups -OCH3 is 1. The third kappa shape index (κ3) is 5.19. The van der Waals surface area contributed by atoms with Gasteiger partial charge in [-0.1, -0.05) is 12.1 Å². The summed E-state index contributed by atoms with van der Waals surface area (Å²) < 4.78 is 44.9. The lowest BCUT2D eigenvalue weighted by molar-refractivity contribution is -0.138. The Balaban J connectivity index is 1.62. The van der Waals surface area contributed by atoms with Crippen molar-refractivity contribution in [1.82, 2.24) is 19.9 Å². The van der Waals surface area contributed by atoms with Crippen LogP contribution >= 0.6 is 0 Å². The number of nitrogens with zero attached hydrogens (tertiary/aromatic N) is 5. The van der Waals surface area contributed by atoms with Gasteiger partial charge in [0.25, 0.3) is 0 Å². The highest BCUT2D eigenvalue weighted by Gasteiger charge is 2.35. The lowest BCUT2D eigenvalue weighted by Gasteiger charge is -2.14. The fourth-order valence-corrected chi connectivity index (χ4v) is 3.58. The molecule has 36 heavy (non-hydrogen) atoms. The van der Waals surface area contributed by atoms with Gasteiger partial charge in [0.2, 0.25) is 5.95 Å². The summed E-state index contributed by atoms with van der Waals surface area (Å²) in [6.07, 6.45) is -1.72. The van der Waals surface area contributed by atoms with Crippen LogP contribution in [0.5, 0.6) is 5.75 Å². The van der Waals surface area contributed by atoms with E-state index in [0.717, 1.165) is 24.8 Å². The molecule has 0 amide bonds. The Labute approximate surface area is 205 Å². The number of hydrogen-bond donors (Lipinski definition) is 1. The summed E-state index contributed by atoms with van der Waals surface area (Å²) in [4.78, 5) is 31.9. The summed E-state index contributed by atoms with van der Waals surface area (Å²) in [7, 11) is 4.80. The first-order valence-electron chi connectivity index (χ1n) is 10.9. The molecule has 186 valence electrons. The number of nitrogens with one attached hydrogen (secondary N) is 1. The molecule has 11 heteroatoms. The van der Waals surface area contributed by atoms with E-state index >= 15 is 0 Å². The number of aromatic nitrogens is 4. The predicted molar refractivity (Wildman–Crippen MR) is 130 cm³/mol. The number of hydrogen-bond acceptors (Lipinski definition) is 8. The van der Waals surface area contributed by atoms with Crippen molar-refractivity contribution in [1.29, 1.82) is 0 Å². The molecule has 0 unspecified atom stereocenters. The van der Waals surface area contributed by atoms with Crippen LogP contribution < -0.4 is 15.0 Å². The van der Waals surface area contributed by atoms with Crippen LogP contribution in [0.3, 0.4) is 0 Å². The Morgan fingerprint density at radius 3 is 2.56 bits per heavy atom. The number of ketones is 1. The molecule has 0 aliphatic heterocycles. The van der Waals surface area contributed by atoms with Gasteiger partial charge in [-0.25, -0.2) is 19.9 Å². The van der Waals surface area contributed by atoms with Gasteiger partial charge in [0.05, 0.1) is 18.9 Å². The first-order chi connectivity index (χ1) is 17.1. The van der Waals surface area contributed by atoms with Crippen LogP contribution in [-0.2, 0) is 12.6 Å². The monoisotopic (exact) mass is 496 g/mol. The van der Waals surface area contributed by atoms with Crippen molar-refractivity contribution >= 4 is 34.3 Å². The normalized spacial score (nSPS) is 11.4. The van der Waals surface area contributed by atoms with Gasteiger partial charge in [0.1, 0.15) is 23.1 Å². The van der Waals surface area contributed by atoms with Crippen LogP contribution in [0.4, 0.5) is 30.6 Å². The van der Waals surface area contributed by atoms with Crippen LogP contribution in [0.2, 0.25) is 0 Å². The summed E-state index contributed by atoms with van der Waals surface area (Å²) in [5.74, 6) is 0.171. The lowest BCUT2D eigenvalue weighted by Crippen LogP contribution is -2.13. The highest BCUT2D eigenvalue weighted by Crippen LogP contribution is 2.37. The number of halogens is 3. The first-order valence-corrected chi connectivity index (χ1v) is 10.9. The van der Waals surface area contributed by atoms with Crippen LogP contribution in [0, 0.1) is 6.92 Å². The fraction of sp³-hybridized carbons (Fsp3) is 0.240. The van der Waals surface area contributed by atoms with Gasteiger partial charge < -0.3 is 15.0 Å². The van der Waals surface area contributed by atoms with Gasteiger partial charge in [-0.05, 0) is 42.3 Å². The number of fused-ring (bicyclic) bond motifs is 1. The third-order valence-electron chi connectivity index (χ3n) is 5.51. The number of alkyl halides is 3. The number of anilines is 3. The molecule has 8 nitrogen and oxygen atoms in total. The second kappa shape index (κ2) is 9.76. The van der Waals surface area contributed by atoms with Gasteiger partial charge in [-0.3, -0.25) is 4.79 Å². The molecule has 0 saturated heterocycles. The second-order valence-corrected chi connectivity index (χ2v) is 8.31. The van der Waals surface area contributed by atoms with Crippen molar-refractivity contribution < 1.29 is 22.7 Å². The highest BCUT2D eigenvalue weighted by molar-refractivity contribution is 5.98. The molecule has 0 atom stereocenters. The molecule has 1 N–H and O–H groups in total. The molecule has 0 fully saturated rings. The predicted octanol–water partition coefficient (Wildman–Crippen LogP) is 4.99. The molecule has 4 aromatic rings. The number of ether oxygens (including phenoxy) is 1. The Morgan fingerprint density at radius 1 is 1.08 bits per heavy atom. The van der Waals surface area contributed by atoms with E-state index in [2.05, 4.69) is 25.3 Å². The van der Waals surface area contributed by atoms with E-state index in [4.69, 9.17) is 4.74 Å². The van der Waals surface area contributed by atoms with Gasteiger partial charge in [0.15, 0.2) is 11.6 Å². The molecule has 0 bridgehead atoms. The smallest absolute Gasteiger partial charge is 0.419 e. The Bertz CT molecular complexity index is 1440. The molecule has 2 aromatic carbocycles. The van der Waals surface area contributed by atoms with Crippen molar-refractivity contribution in [2.75, 3.05) is 31.4 Å². The van der Waals surface area contributed by atoms with E-state index in [1.165, 1.54) is 12.4 Å². The molecule has 0 radical (unpaired) electrons. The SMILES string of the molecule is COc1ccc(C(=O)Cc2ccc(C)c(Nc3ncnc4cnc(N(C)C)nc34)c2)cc1C(F)(F)F. The van der Waals surface area contributed by atoms with Gasteiger partial charge in [0, 0.05) is 31.8 Å². The molecule has 2 heterocycles. The summed E-state index contributed by atoms with van der Waals surface area (Å²) in [5.41, 5.74) is 2.22. The average molecular weight is 496 g/mol. The Hall–Kier alpha value is -4.28. The van der Waals surface area contributed by atoms with Crippen LogP contribution in [0.1, 0.15) is 27.0 Å². The maximum absolute atomic E-state index is 13.4. The van der Waals surface area contributed by atoms with E-state index in [1.807, 2.05) is 27.1 Å². The third-order valence-corrected chi connectivity index (χ3v) is 5.51. The Morgan fingerprint density at radius 2 is 1.86 bits per heavy atom. The number of carbonyl (C=O) groups excluding carboxylic acids is 1. The summed E-state index contributed by atoms with van der Waals surface area (Å²) in [6, 6.07) is 8.66. The van der Waals surface area contributed by atoms with E-state index in [-0.39, 0.29) is 17.7 Å². The van der Waals surface area contributed by atoms with Gasteiger partial charge in [-0.15, -0.1) is 0 Å². The molecule has 0 aliphatic carbocycles. The molecule has 4 rings (SSSR count). The van der Waals surface area contributed by atoms with Crippen LogP contribution in [0.25, 0.3) is 11.0 Å². The number of carbonyl (C=O) groups is 1. The minimum absolute atomic E-state index is 0.0482. The number of benzene rings is 2. The Kier molecular flexibility index (Phi) is 6.73. The summed E-state index contributed by atoms with van der Waals surface area (Å²) in [6.45, 7) is 1.89. The van der Waals surface area contributed by atoms with Crippen molar-refractivity contribution in [3.8, 4) is 5.75 Å². The zero-order valence-electron chi connectivity index (χ0n) is 20.0. The van der Waals surface area contributed by atoms with E-state index in [9.17, 15) is 18.0 Å². The number of Topliss-reactive ketones (excluding diaryl/α,β-unsaturated/α-hetero) is 1. The topological polar surface area (TPSA) is 93.1 Å². The average Bonchev–Trinajstić information content (AvgIpc) is 2.85. The lowest BCUT2D eigenvalue weighted by atomic mass is 9.99. The van der Waals surface area contributed by atoms with Crippen molar-refractivity contribution in [3.05, 3.63) is 71.2 Å². The van der Waals surface area contributed by atoms with Crippen LogP contribution in [0.15, 0.2) is 48.9 Å². The van der Waals surface area contributed by atoms with Crippen LogP contribution in [-0.4, -0.2) is 46.9 Å². The standard InChI is InChI=1S/C25H23F3N6O2/c1-14-5-6-15(10-20(35)16-7-8-21(36-4)17(11-16)25(26,27)28)9-18(14)32-23-22-19(30-13-31-23)12-29-24(33-22)34(2)3/h5-9,11-13H,10H2,1-4H3,(H,30,31,32). The van der Waals surface area contributed by atoms with Crippen molar-refractivity contribution in [2.45, 2.75) is 19.5 Å². The van der Waals surface area contributed by atoms with Gasteiger partial charge in [-0.2, -0.15) is 13.2 Å². The minimum Gasteiger partial charge on any atom is -0.496 e. The van der Waals surface area contributed by atoms with E-state index in [1.54, 1.807) is 23.2 Å². The molecule has 0 aliphatic rings. The molecular weight excluding hydrogens is 473 g/mol. The highest BCUT2D eigenvalue weighted by atomic mass is 19.4. The zero-order chi connectivity index (χ0) is 26.0. The minimum atomic E-state index is -4.64. The maximum Gasteiger partial charge on any atom is 0.419 e. The molecule has 0 saturated carbocycles. The van der Waals surface area contributed by atoms with E-state index < -0.39 is 17.5 Å². The first kappa shape index (κ1) is 24.8. The van der Waals surface area contributed by atoms with E-state index in [0.29, 0.717) is 34.1 Å². The number of rotatable bonds is 7. The molecule has 0 spiro atoms. The summed E-state index contributed by atoms with van der Waals surface area (Å²) >= 11 is 0. The zero-order valence-corrected chi connectivity index (χ0v) is 20.0. The maximum atomic E-state index is 13.4. The second-order valence-electron chi connectivity index (χ2n) is 8.31. The quantitative estimate of drug-likeness (QED) is 0.358. The van der Waals surface area contributed by atoms with Gasteiger partial charge >= 0.3 is 6.18 Å². The molecule has 2 aromatic heterocycles. The largest absolute Gasteiger partial charge is 0.496 e.